The normalized spacial score (nSPS) is 13.7. The van der Waals surface area contributed by atoms with E-state index in [0.717, 1.165) is 6.08 Å². The first kappa shape index (κ1) is 14.1. The number of allylic oxidation sites excluding steroid dienone is 2. The Labute approximate surface area is 122 Å². The van der Waals surface area contributed by atoms with Crippen LogP contribution in [0.3, 0.4) is 0 Å². The molecule has 0 saturated heterocycles. The first-order valence-corrected chi connectivity index (χ1v) is 6.19. The molecule has 3 rings (SSSR count). The Morgan fingerprint density at radius 1 is 0.864 bits per heavy atom. The predicted octanol–water partition coefficient (Wildman–Crippen LogP) is 3.45. The van der Waals surface area contributed by atoms with E-state index < -0.39 is 40.5 Å². The van der Waals surface area contributed by atoms with Crippen molar-refractivity contribution < 1.29 is 27.5 Å². The van der Waals surface area contributed by atoms with Gasteiger partial charge in [-0.05, 0) is 0 Å². The number of hydrogen-bond donors (Lipinski definition) is 0. The molecule has 110 valence electrons. The maximum Gasteiger partial charge on any atom is 0.229 e. The zero-order chi connectivity index (χ0) is 15.9. The molecule has 0 saturated carbocycles. The molecular formula is C16H7F3O3. The Hall–Kier alpha value is -2.89. The fourth-order valence-electron chi connectivity index (χ4n) is 2.10. The maximum atomic E-state index is 13.6. The largest absolute Gasteiger partial charge is 0.447 e. The van der Waals surface area contributed by atoms with Crippen LogP contribution in [-0.2, 0) is 0 Å². The molecule has 2 aromatic carbocycles. The number of rotatable bonds is 2. The van der Waals surface area contributed by atoms with E-state index in [1.807, 2.05) is 0 Å². The van der Waals surface area contributed by atoms with Crippen LogP contribution >= 0.6 is 0 Å². The van der Waals surface area contributed by atoms with Gasteiger partial charge in [0.25, 0.3) is 0 Å². The van der Waals surface area contributed by atoms with Gasteiger partial charge in [0.2, 0.25) is 5.78 Å². The number of Topliss-reactive ketones (excluding diaryl/α,β-unsaturated/α-hetero) is 1. The van der Waals surface area contributed by atoms with Gasteiger partial charge in [0.05, 0.1) is 0 Å². The van der Waals surface area contributed by atoms with Gasteiger partial charge in [-0.1, -0.05) is 24.3 Å². The summed E-state index contributed by atoms with van der Waals surface area (Å²) in [6.45, 7) is 0. The third kappa shape index (κ3) is 2.28. The van der Waals surface area contributed by atoms with E-state index in [1.54, 1.807) is 12.1 Å². The van der Waals surface area contributed by atoms with Crippen molar-refractivity contribution in [2.45, 2.75) is 0 Å². The van der Waals surface area contributed by atoms with Gasteiger partial charge in [0.15, 0.2) is 28.9 Å². The molecule has 0 radical (unpaired) electrons. The van der Waals surface area contributed by atoms with Gasteiger partial charge in [-0.25, -0.2) is 13.2 Å². The van der Waals surface area contributed by atoms with Crippen LogP contribution in [0.2, 0.25) is 0 Å². The molecule has 0 atom stereocenters. The maximum absolute atomic E-state index is 13.6. The van der Waals surface area contributed by atoms with Crippen molar-refractivity contribution in [1.29, 1.82) is 0 Å². The number of carbonyl (C=O) groups excluding carboxylic acids is 2. The van der Waals surface area contributed by atoms with E-state index in [9.17, 15) is 22.8 Å². The minimum Gasteiger partial charge on any atom is -0.447 e. The fourth-order valence-corrected chi connectivity index (χ4v) is 2.10. The number of fused-ring (bicyclic) bond motifs is 1. The average Bonchev–Trinajstić information content (AvgIpc) is 2.47. The van der Waals surface area contributed by atoms with Crippen LogP contribution in [0.1, 0.15) is 20.7 Å². The minimum absolute atomic E-state index is 0.0768. The van der Waals surface area contributed by atoms with Crippen molar-refractivity contribution >= 4 is 11.6 Å². The van der Waals surface area contributed by atoms with Crippen LogP contribution in [0.5, 0.6) is 5.75 Å². The van der Waals surface area contributed by atoms with E-state index >= 15 is 0 Å². The van der Waals surface area contributed by atoms with Crippen LogP contribution in [0, 0.1) is 17.5 Å². The SMILES string of the molecule is O=C1C=C(Oc2c(F)cc(F)cc2F)C(=O)c2ccccc21. The van der Waals surface area contributed by atoms with Gasteiger partial charge in [0.1, 0.15) is 5.82 Å². The minimum atomic E-state index is -1.31. The number of ketones is 2. The molecule has 0 unspecified atom stereocenters. The van der Waals surface area contributed by atoms with Crippen molar-refractivity contribution in [1.82, 2.24) is 0 Å². The number of ether oxygens (including phenoxy) is 1. The van der Waals surface area contributed by atoms with Gasteiger partial charge in [-0.3, -0.25) is 9.59 Å². The summed E-state index contributed by atoms with van der Waals surface area (Å²) >= 11 is 0. The highest BCUT2D eigenvalue weighted by molar-refractivity contribution is 6.23. The lowest BCUT2D eigenvalue weighted by Crippen LogP contribution is -2.20. The molecule has 1 aliphatic carbocycles. The van der Waals surface area contributed by atoms with Gasteiger partial charge in [-0.15, -0.1) is 0 Å². The van der Waals surface area contributed by atoms with Gasteiger partial charge < -0.3 is 4.74 Å². The molecule has 2 aromatic rings. The van der Waals surface area contributed by atoms with Crippen molar-refractivity contribution in [3.05, 3.63) is 76.8 Å². The summed E-state index contributed by atoms with van der Waals surface area (Å²) in [5.41, 5.74) is 0.257. The first-order chi connectivity index (χ1) is 10.5. The zero-order valence-electron chi connectivity index (χ0n) is 10.9. The second-order valence-electron chi connectivity index (χ2n) is 4.55. The van der Waals surface area contributed by atoms with Crippen LogP contribution in [0.4, 0.5) is 13.2 Å². The summed E-state index contributed by atoms with van der Waals surface area (Å²) in [5.74, 6) is -6.39. The van der Waals surface area contributed by atoms with Crippen LogP contribution in [0.25, 0.3) is 0 Å². The molecule has 0 fully saturated rings. The highest BCUT2D eigenvalue weighted by Gasteiger charge is 2.28. The lowest BCUT2D eigenvalue weighted by molar-refractivity contribution is 0.0944. The van der Waals surface area contributed by atoms with E-state index in [0.29, 0.717) is 12.1 Å². The highest BCUT2D eigenvalue weighted by Crippen LogP contribution is 2.28. The third-order valence-corrected chi connectivity index (χ3v) is 3.10. The standard InChI is InChI=1S/C16H7F3O3/c17-8-5-11(18)16(12(19)6-8)22-14-7-13(20)9-3-1-2-4-10(9)15(14)21/h1-7H. The van der Waals surface area contributed by atoms with Crippen LogP contribution in [0.15, 0.2) is 48.2 Å². The van der Waals surface area contributed by atoms with Crippen molar-refractivity contribution in [2.24, 2.45) is 0 Å². The quantitative estimate of drug-likeness (QED) is 0.853. The van der Waals surface area contributed by atoms with E-state index in [1.165, 1.54) is 12.1 Å². The van der Waals surface area contributed by atoms with Gasteiger partial charge >= 0.3 is 0 Å². The van der Waals surface area contributed by atoms with E-state index in [4.69, 9.17) is 4.74 Å². The Balaban J connectivity index is 2.01. The third-order valence-electron chi connectivity index (χ3n) is 3.10. The van der Waals surface area contributed by atoms with Crippen LogP contribution in [-0.4, -0.2) is 11.6 Å². The summed E-state index contributed by atoms with van der Waals surface area (Å²) in [7, 11) is 0. The summed E-state index contributed by atoms with van der Waals surface area (Å²) in [6, 6.07) is 6.84. The van der Waals surface area contributed by atoms with Crippen molar-refractivity contribution in [2.75, 3.05) is 0 Å². The summed E-state index contributed by atoms with van der Waals surface area (Å²) in [4.78, 5) is 24.1. The van der Waals surface area contributed by atoms with Crippen LogP contribution < -0.4 is 4.74 Å². The Bertz CT molecular complexity index is 817. The zero-order valence-corrected chi connectivity index (χ0v) is 10.9. The molecule has 0 bridgehead atoms. The molecule has 22 heavy (non-hydrogen) atoms. The Kier molecular flexibility index (Phi) is 3.29. The summed E-state index contributed by atoms with van der Waals surface area (Å²) in [5, 5.41) is 0. The molecule has 6 heteroatoms. The van der Waals surface area contributed by atoms with Crippen molar-refractivity contribution in [3.63, 3.8) is 0 Å². The second-order valence-corrected chi connectivity index (χ2v) is 4.55. The molecule has 0 N–H and O–H groups in total. The monoisotopic (exact) mass is 304 g/mol. The molecule has 3 nitrogen and oxygen atoms in total. The Morgan fingerprint density at radius 2 is 1.45 bits per heavy atom. The number of hydrogen-bond acceptors (Lipinski definition) is 3. The number of carbonyl (C=O) groups is 2. The Morgan fingerprint density at radius 3 is 2.09 bits per heavy atom. The fraction of sp³-hybridized carbons (Fsp3) is 0. The summed E-state index contributed by atoms with van der Waals surface area (Å²) in [6.07, 6.45) is 0.854. The molecule has 0 spiro atoms. The predicted molar refractivity (Wildman–Crippen MR) is 70.1 cm³/mol. The van der Waals surface area contributed by atoms with E-state index in [2.05, 4.69) is 0 Å². The molecule has 1 aliphatic rings. The highest BCUT2D eigenvalue weighted by atomic mass is 19.1. The number of benzene rings is 2. The van der Waals surface area contributed by atoms with Gasteiger partial charge in [-0.2, -0.15) is 0 Å². The van der Waals surface area contributed by atoms with Crippen molar-refractivity contribution in [3.8, 4) is 5.75 Å². The van der Waals surface area contributed by atoms with Gasteiger partial charge in [0, 0.05) is 29.3 Å². The smallest absolute Gasteiger partial charge is 0.229 e. The average molecular weight is 304 g/mol. The molecule has 0 amide bonds. The second kappa shape index (κ2) is 5.14. The topological polar surface area (TPSA) is 43.4 Å². The molecule has 0 heterocycles. The molecule has 0 aliphatic heterocycles. The van der Waals surface area contributed by atoms with E-state index in [-0.39, 0.29) is 11.1 Å². The lowest BCUT2D eigenvalue weighted by atomic mass is 9.94. The summed E-state index contributed by atoms with van der Waals surface area (Å²) < 4.78 is 44.9. The first-order valence-electron chi connectivity index (χ1n) is 6.19. The molecular weight excluding hydrogens is 297 g/mol. The number of halogens is 3. The lowest BCUT2D eigenvalue weighted by Gasteiger charge is -2.16. The molecule has 0 aromatic heterocycles.